The smallest absolute Gasteiger partial charge is 0.176 e. The Kier molecular flexibility index (Phi) is 12.8. The van der Waals surface area contributed by atoms with Crippen molar-refractivity contribution in [1.29, 1.82) is 0 Å². The summed E-state index contributed by atoms with van der Waals surface area (Å²) >= 11 is 0. The van der Waals surface area contributed by atoms with Crippen LogP contribution in [0.5, 0.6) is 0 Å². The average molecular weight is 896 g/mol. The van der Waals surface area contributed by atoms with Gasteiger partial charge < -0.3 is 39.8 Å². The highest BCUT2D eigenvalue weighted by Gasteiger charge is 2.86. The van der Waals surface area contributed by atoms with Gasteiger partial charge in [-0.3, -0.25) is 10.1 Å². The molecule has 1 spiro atoms. The van der Waals surface area contributed by atoms with Crippen molar-refractivity contribution in [3.63, 3.8) is 0 Å². The molecule has 0 aromatic rings. The second-order valence-corrected chi connectivity index (χ2v) is 23.1. The van der Waals surface area contributed by atoms with Gasteiger partial charge in [0.1, 0.15) is 17.1 Å². The standard InChI is InChI=1S/C55H81N3O7/c1-31(2)15-14-23-53(9)24-22-37-36(16-13-17-41(56)34(6)60)45-42-28-38-48(63-43(45)27-35(47(37)64-53)20-19-32(3)4)46-49-52(7,8)65-55(49,25-21-33(5)51(61)62-10)40(30-59)39-29-54(39,46)50(38)58-26-12-11-18-44(58)57-42/h12,15,21-22,24,26-27,32,38-44,46,48-51,57,59,61H,11,13-14,16-20,23,25,28-30,56H2,1-10H3. The maximum Gasteiger partial charge on any atom is 0.176 e. The van der Waals surface area contributed by atoms with E-state index >= 15 is 0 Å². The van der Waals surface area contributed by atoms with Gasteiger partial charge in [0.2, 0.25) is 0 Å². The minimum Gasteiger partial charge on any atom is -0.483 e. The molecule has 5 aliphatic heterocycles. The molecule has 6 fully saturated rings. The lowest BCUT2D eigenvalue weighted by molar-refractivity contribution is -0.372. The fourth-order valence-electron chi connectivity index (χ4n) is 14.9. The Balaban J connectivity index is 1.21. The normalized spacial score (nSPS) is 40.4. The quantitative estimate of drug-likeness (QED) is 0.0880. The van der Waals surface area contributed by atoms with E-state index in [-0.39, 0.29) is 77.9 Å². The summed E-state index contributed by atoms with van der Waals surface area (Å²) in [5, 5.41) is 26.6. The molecule has 4 aliphatic carbocycles. The van der Waals surface area contributed by atoms with Gasteiger partial charge in [0.05, 0.1) is 35.6 Å². The number of allylic oxidation sites excluding steroid dienone is 7. The molecule has 5 N–H and O–H groups in total. The van der Waals surface area contributed by atoms with Crippen LogP contribution in [0, 0.1) is 40.9 Å². The van der Waals surface area contributed by atoms with Gasteiger partial charge in [0, 0.05) is 60.5 Å². The number of fused-ring (bicyclic) bond motifs is 8. The Morgan fingerprint density at radius 3 is 2.60 bits per heavy atom. The van der Waals surface area contributed by atoms with Crippen molar-refractivity contribution in [2.75, 3.05) is 13.7 Å². The van der Waals surface area contributed by atoms with Crippen LogP contribution >= 0.6 is 0 Å². The number of carbonyl (C=O) groups is 1. The first-order valence-corrected chi connectivity index (χ1v) is 25.4. The lowest BCUT2D eigenvalue weighted by Crippen LogP contribution is -2.76. The summed E-state index contributed by atoms with van der Waals surface area (Å²) in [5.41, 5.74) is 12.0. The number of methoxy groups -OCH3 is 1. The highest BCUT2D eigenvalue weighted by molar-refractivity contribution is 5.81. The third-order valence-corrected chi connectivity index (χ3v) is 17.8. The Morgan fingerprint density at radius 2 is 1.91 bits per heavy atom. The summed E-state index contributed by atoms with van der Waals surface area (Å²) in [6.07, 6.45) is 25.8. The van der Waals surface area contributed by atoms with Crippen molar-refractivity contribution in [2.24, 2.45) is 46.7 Å². The third kappa shape index (κ3) is 7.95. The van der Waals surface area contributed by atoms with Crippen molar-refractivity contribution < 1.29 is 34.0 Å². The van der Waals surface area contributed by atoms with Gasteiger partial charge in [0.15, 0.2) is 6.29 Å². The molecule has 9 rings (SSSR count). The van der Waals surface area contributed by atoms with Crippen LogP contribution in [-0.2, 0) is 23.7 Å². The van der Waals surface area contributed by atoms with Gasteiger partial charge in [-0.15, -0.1) is 0 Å². The van der Waals surface area contributed by atoms with Crippen LogP contribution in [0.25, 0.3) is 0 Å². The van der Waals surface area contributed by atoms with Crippen LogP contribution < -0.4 is 11.1 Å². The first kappa shape index (κ1) is 47.2. The number of hydrogen-bond donors (Lipinski definition) is 4. The fourth-order valence-corrected chi connectivity index (χ4v) is 14.9. The summed E-state index contributed by atoms with van der Waals surface area (Å²) in [7, 11) is 1.53. The molecule has 0 aromatic carbocycles. The number of nitrogens with one attached hydrogen (secondary N) is 1. The summed E-state index contributed by atoms with van der Waals surface area (Å²) in [6.45, 7) is 19.3. The Bertz CT molecular complexity index is 2090. The number of nitrogens with two attached hydrogens (primary N) is 1. The lowest BCUT2D eigenvalue weighted by atomic mass is 9.50. The van der Waals surface area contributed by atoms with Gasteiger partial charge in [-0.1, -0.05) is 43.7 Å². The van der Waals surface area contributed by atoms with E-state index in [4.69, 9.17) is 24.7 Å². The average Bonchev–Trinajstić information content (AvgIpc) is 4.01. The number of ketones is 1. The van der Waals surface area contributed by atoms with E-state index in [1.165, 1.54) is 35.0 Å². The maximum absolute atomic E-state index is 12.5. The number of Topliss-reactive ketones (excluding diaryl/α,β-unsaturated/α-hetero) is 1. The number of rotatable bonds is 16. The number of hydrogen-bond acceptors (Lipinski definition) is 10. The monoisotopic (exact) mass is 896 g/mol. The second kappa shape index (κ2) is 17.6. The zero-order valence-corrected chi connectivity index (χ0v) is 41.2. The van der Waals surface area contributed by atoms with Crippen molar-refractivity contribution in [2.45, 2.75) is 199 Å². The Labute approximate surface area is 389 Å². The highest BCUT2D eigenvalue weighted by atomic mass is 16.6. The molecular weight excluding hydrogens is 815 g/mol. The molecule has 3 saturated heterocycles. The van der Waals surface area contributed by atoms with E-state index in [1.54, 1.807) is 6.92 Å². The SMILES string of the molecule is COC(O)C(C)=CCC12OC(C)(C)C1C1C3OC4C=C(CCC(C)C)C5=C(C=CC(C)(CCC=C(C)C)O5)C(CCCC(N)C(C)=O)=C4C4CC3C(N3C=CCCC3N4)C13CC3C2CO. The molecule has 0 aromatic heterocycles. The lowest BCUT2D eigenvalue weighted by Gasteiger charge is -2.69. The van der Waals surface area contributed by atoms with Crippen LogP contribution in [0.3, 0.4) is 0 Å². The van der Waals surface area contributed by atoms with Crippen molar-refractivity contribution >= 4 is 5.78 Å². The first-order chi connectivity index (χ1) is 30.9. The second-order valence-electron chi connectivity index (χ2n) is 23.1. The van der Waals surface area contributed by atoms with Gasteiger partial charge in [-0.05, 0) is 178 Å². The molecule has 5 heterocycles. The molecule has 358 valence electrons. The minimum atomic E-state index is -0.984. The summed E-state index contributed by atoms with van der Waals surface area (Å²) in [4.78, 5) is 15.2. The number of carbonyl (C=O) groups excluding carboxylic acids is 1. The number of nitrogens with zero attached hydrogens (tertiary/aromatic N) is 1. The van der Waals surface area contributed by atoms with E-state index < -0.39 is 29.1 Å². The Hall–Kier alpha value is -2.83. The van der Waals surface area contributed by atoms with E-state index in [2.05, 4.69) is 101 Å². The molecular formula is C55H81N3O7. The third-order valence-electron chi connectivity index (χ3n) is 17.8. The van der Waals surface area contributed by atoms with Crippen LogP contribution in [0.15, 0.2) is 81.9 Å². The zero-order valence-electron chi connectivity index (χ0n) is 41.2. The topological polar surface area (TPSA) is 136 Å². The van der Waals surface area contributed by atoms with Gasteiger partial charge in [0.25, 0.3) is 0 Å². The van der Waals surface area contributed by atoms with E-state index in [0.29, 0.717) is 18.8 Å². The molecule has 10 nitrogen and oxygen atoms in total. The number of aliphatic hydroxyl groups is 2. The molecule has 2 bridgehead atoms. The Morgan fingerprint density at radius 1 is 1.12 bits per heavy atom. The van der Waals surface area contributed by atoms with Crippen molar-refractivity contribution in [3.05, 3.63) is 81.9 Å². The van der Waals surface area contributed by atoms with Gasteiger partial charge >= 0.3 is 0 Å². The molecule has 15 unspecified atom stereocenters. The van der Waals surface area contributed by atoms with E-state index in [1.807, 2.05) is 6.92 Å². The molecule has 0 radical (unpaired) electrons. The summed E-state index contributed by atoms with van der Waals surface area (Å²) in [6, 6.07) is -0.170. The molecule has 3 saturated carbocycles. The fraction of sp³-hybridized carbons (Fsp3) is 0.727. The van der Waals surface area contributed by atoms with Crippen molar-refractivity contribution in [1.82, 2.24) is 10.2 Å². The van der Waals surface area contributed by atoms with E-state index in [0.717, 1.165) is 75.5 Å². The number of aliphatic hydroxyl groups excluding tert-OH is 2. The van der Waals surface area contributed by atoms with Crippen LogP contribution in [0.2, 0.25) is 0 Å². The molecule has 9 aliphatic rings. The summed E-state index contributed by atoms with van der Waals surface area (Å²) in [5.74, 6) is 2.37. The molecule has 10 heteroatoms. The number of ether oxygens (including phenoxy) is 4. The predicted octanol–water partition coefficient (Wildman–Crippen LogP) is 8.86. The van der Waals surface area contributed by atoms with E-state index in [9.17, 15) is 15.0 Å². The predicted molar refractivity (Wildman–Crippen MR) is 255 cm³/mol. The summed E-state index contributed by atoms with van der Waals surface area (Å²) < 4.78 is 28.1. The maximum atomic E-state index is 12.5. The first-order valence-electron chi connectivity index (χ1n) is 25.4. The molecule has 15 atom stereocenters. The largest absolute Gasteiger partial charge is 0.483 e. The minimum absolute atomic E-state index is 0.0299. The highest BCUT2D eigenvalue weighted by Crippen LogP contribution is 2.83. The molecule has 0 amide bonds. The van der Waals surface area contributed by atoms with Crippen LogP contribution in [-0.4, -0.2) is 94.2 Å². The van der Waals surface area contributed by atoms with Crippen molar-refractivity contribution in [3.8, 4) is 0 Å². The van der Waals surface area contributed by atoms with Crippen LogP contribution in [0.1, 0.15) is 139 Å². The molecule has 65 heavy (non-hydrogen) atoms. The van der Waals surface area contributed by atoms with Gasteiger partial charge in [-0.2, -0.15) is 0 Å². The van der Waals surface area contributed by atoms with Crippen LogP contribution in [0.4, 0.5) is 0 Å². The zero-order chi connectivity index (χ0) is 46.4. The van der Waals surface area contributed by atoms with Gasteiger partial charge in [-0.25, -0.2) is 0 Å².